The van der Waals surface area contributed by atoms with Crippen LogP contribution in [0.2, 0.25) is 0 Å². The van der Waals surface area contributed by atoms with Gasteiger partial charge in [-0.2, -0.15) is 0 Å². The van der Waals surface area contributed by atoms with E-state index >= 15 is 0 Å². The van der Waals surface area contributed by atoms with Gasteiger partial charge in [-0.3, -0.25) is 0 Å². The fourth-order valence-electron chi connectivity index (χ4n) is 3.25. The Morgan fingerprint density at radius 1 is 1.24 bits per heavy atom. The lowest BCUT2D eigenvalue weighted by atomic mass is 9.75. The number of hydrogen-bond acceptors (Lipinski definition) is 2. The van der Waals surface area contributed by atoms with E-state index in [-0.39, 0.29) is 0 Å². The normalized spacial score (nSPS) is 29.5. The molecule has 0 amide bonds. The van der Waals surface area contributed by atoms with E-state index in [1.165, 1.54) is 45.1 Å². The number of rotatable bonds is 4. The summed E-state index contributed by atoms with van der Waals surface area (Å²) in [5, 5.41) is 6.01. The number of hydrogen-bond donors (Lipinski definition) is 1. The number of nitrogens with one attached hydrogen (secondary N) is 1. The first-order valence-electron chi connectivity index (χ1n) is 7.12. The van der Waals surface area contributed by atoms with Gasteiger partial charge < -0.3 is 5.32 Å². The summed E-state index contributed by atoms with van der Waals surface area (Å²) in [5.74, 6) is 1.72. The van der Waals surface area contributed by atoms with Gasteiger partial charge in [0.05, 0.1) is 0 Å². The number of aryl methyl sites for hydroxylation is 1. The van der Waals surface area contributed by atoms with E-state index in [4.69, 9.17) is 0 Å². The zero-order chi connectivity index (χ0) is 11.7. The van der Waals surface area contributed by atoms with Gasteiger partial charge in [-0.25, -0.2) is 0 Å². The predicted octanol–water partition coefficient (Wildman–Crippen LogP) is 4.08. The molecule has 0 saturated heterocycles. The van der Waals surface area contributed by atoms with Crippen molar-refractivity contribution in [3.8, 4) is 0 Å². The molecule has 2 heteroatoms. The van der Waals surface area contributed by atoms with E-state index in [0.717, 1.165) is 17.9 Å². The second-order valence-electron chi connectivity index (χ2n) is 5.77. The van der Waals surface area contributed by atoms with Crippen LogP contribution in [0.1, 0.15) is 54.9 Å². The van der Waals surface area contributed by atoms with Crippen LogP contribution < -0.4 is 5.32 Å². The van der Waals surface area contributed by atoms with Crippen LogP contribution in [0.5, 0.6) is 0 Å². The molecule has 2 aliphatic rings. The molecule has 17 heavy (non-hydrogen) atoms. The van der Waals surface area contributed by atoms with Crippen LogP contribution in [0.15, 0.2) is 11.4 Å². The van der Waals surface area contributed by atoms with Crippen molar-refractivity contribution in [3.63, 3.8) is 0 Å². The lowest BCUT2D eigenvalue weighted by Gasteiger charge is -2.32. The standard InChI is InChI=1S/C15H23NS/c1-11-14(8-9-17-11)15-5-3-2-4-12(15)10-16-13-6-7-13/h8-9,12-13,15-16H,2-7,10H2,1H3. The second-order valence-corrected chi connectivity index (χ2v) is 6.89. The van der Waals surface area contributed by atoms with E-state index in [9.17, 15) is 0 Å². The third-order valence-corrected chi connectivity index (χ3v) is 5.31. The van der Waals surface area contributed by atoms with Gasteiger partial charge in [0, 0.05) is 10.9 Å². The highest BCUT2D eigenvalue weighted by Gasteiger charge is 2.29. The highest BCUT2D eigenvalue weighted by atomic mass is 32.1. The summed E-state index contributed by atoms with van der Waals surface area (Å²) in [6, 6.07) is 3.24. The van der Waals surface area contributed by atoms with E-state index in [0.29, 0.717) is 0 Å². The zero-order valence-corrected chi connectivity index (χ0v) is 11.6. The van der Waals surface area contributed by atoms with Gasteiger partial charge in [0.1, 0.15) is 0 Å². The first kappa shape index (κ1) is 11.7. The van der Waals surface area contributed by atoms with Crippen molar-refractivity contribution in [1.29, 1.82) is 0 Å². The minimum atomic E-state index is 0.834. The first-order valence-corrected chi connectivity index (χ1v) is 8.00. The molecule has 0 spiro atoms. The first-order chi connectivity index (χ1) is 8.34. The summed E-state index contributed by atoms with van der Waals surface area (Å²) in [5.41, 5.74) is 1.65. The minimum absolute atomic E-state index is 0.834. The van der Waals surface area contributed by atoms with Crippen LogP contribution in [0, 0.1) is 12.8 Å². The molecule has 1 aromatic rings. The van der Waals surface area contributed by atoms with Crippen molar-refractivity contribution in [2.45, 2.75) is 57.4 Å². The predicted molar refractivity (Wildman–Crippen MR) is 74.8 cm³/mol. The Bertz CT molecular complexity index is 367. The van der Waals surface area contributed by atoms with Gasteiger partial charge in [0.2, 0.25) is 0 Å². The van der Waals surface area contributed by atoms with Crippen LogP contribution in [-0.2, 0) is 0 Å². The summed E-state index contributed by atoms with van der Waals surface area (Å²) >= 11 is 1.92. The fourth-order valence-corrected chi connectivity index (χ4v) is 4.02. The van der Waals surface area contributed by atoms with Gasteiger partial charge in [0.25, 0.3) is 0 Å². The van der Waals surface area contributed by atoms with Crippen molar-refractivity contribution >= 4 is 11.3 Å². The lowest BCUT2D eigenvalue weighted by molar-refractivity contribution is 0.295. The van der Waals surface area contributed by atoms with Gasteiger partial charge in [0.15, 0.2) is 0 Å². The molecular formula is C15H23NS. The Kier molecular flexibility index (Phi) is 3.53. The Morgan fingerprint density at radius 3 is 2.76 bits per heavy atom. The molecule has 0 radical (unpaired) electrons. The summed E-state index contributed by atoms with van der Waals surface area (Å²) in [7, 11) is 0. The molecule has 3 rings (SSSR count). The van der Waals surface area contributed by atoms with E-state index < -0.39 is 0 Å². The summed E-state index contributed by atoms with van der Waals surface area (Å²) in [4.78, 5) is 1.55. The van der Waals surface area contributed by atoms with Crippen LogP contribution >= 0.6 is 11.3 Å². The van der Waals surface area contributed by atoms with Gasteiger partial charge in [-0.15, -0.1) is 11.3 Å². The molecule has 1 nitrogen and oxygen atoms in total. The highest BCUT2D eigenvalue weighted by Crippen LogP contribution is 2.40. The molecule has 2 saturated carbocycles. The summed E-state index contributed by atoms with van der Waals surface area (Å²) in [6.07, 6.45) is 8.54. The lowest BCUT2D eigenvalue weighted by Crippen LogP contribution is -2.30. The Morgan fingerprint density at radius 2 is 2.06 bits per heavy atom. The molecule has 2 aliphatic carbocycles. The molecular weight excluding hydrogens is 226 g/mol. The molecule has 1 heterocycles. The van der Waals surface area contributed by atoms with Crippen molar-refractivity contribution in [2.24, 2.45) is 5.92 Å². The molecule has 1 aromatic heterocycles. The quantitative estimate of drug-likeness (QED) is 0.847. The largest absolute Gasteiger partial charge is 0.314 e. The monoisotopic (exact) mass is 249 g/mol. The second kappa shape index (κ2) is 5.11. The Balaban J connectivity index is 1.68. The molecule has 0 bridgehead atoms. The van der Waals surface area contributed by atoms with Crippen molar-refractivity contribution in [1.82, 2.24) is 5.32 Å². The third kappa shape index (κ3) is 2.74. The maximum absolute atomic E-state index is 3.74. The molecule has 0 aliphatic heterocycles. The molecule has 2 fully saturated rings. The summed E-state index contributed by atoms with van der Waals surface area (Å²) < 4.78 is 0. The molecule has 2 atom stereocenters. The average molecular weight is 249 g/mol. The van der Waals surface area contributed by atoms with E-state index in [1.54, 1.807) is 10.4 Å². The Labute approximate surface area is 109 Å². The van der Waals surface area contributed by atoms with Gasteiger partial charge in [-0.05, 0) is 68.0 Å². The van der Waals surface area contributed by atoms with Gasteiger partial charge in [-0.1, -0.05) is 12.8 Å². The molecule has 1 N–H and O–H groups in total. The topological polar surface area (TPSA) is 12.0 Å². The van der Waals surface area contributed by atoms with Crippen LogP contribution in [-0.4, -0.2) is 12.6 Å². The highest BCUT2D eigenvalue weighted by molar-refractivity contribution is 7.10. The van der Waals surface area contributed by atoms with Crippen molar-refractivity contribution in [3.05, 3.63) is 21.9 Å². The number of thiophene rings is 1. The van der Waals surface area contributed by atoms with Crippen LogP contribution in [0.3, 0.4) is 0 Å². The Hall–Kier alpha value is -0.340. The third-order valence-electron chi connectivity index (χ3n) is 4.45. The smallest absolute Gasteiger partial charge is 0.00683 e. The summed E-state index contributed by atoms with van der Waals surface area (Å²) in [6.45, 7) is 3.55. The van der Waals surface area contributed by atoms with Crippen LogP contribution in [0.4, 0.5) is 0 Å². The SMILES string of the molecule is Cc1sccc1C1CCCCC1CNC1CC1. The maximum atomic E-state index is 3.74. The van der Waals surface area contributed by atoms with E-state index in [2.05, 4.69) is 23.7 Å². The minimum Gasteiger partial charge on any atom is -0.314 e. The molecule has 94 valence electrons. The van der Waals surface area contributed by atoms with E-state index in [1.807, 2.05) is 11.3 Å². The fraction of sp³-hybridized carbons (Fsp3) is 0.733. The van der Waals surface area contributed by atoms with Crippen molar-refractivity contribution < 1.29 is 0 Å². The van der Waals surface area contributed by atoms with Crippen LogP contribution in [0.25, 0.3) is 0 Å². The molecule has 2 unspecified atom stereocenters. The maximum Gasteiger partial charge on any atom is 0.00683 e. The molecule has 0 aromatic carbocycles. The van der Waals surface area contributed by atoms with Crippen molar-refractivity contribution in [2.75, 3.05) is 6.54 Å². The van der Waals surface area contributed by atoms with Gasteiger partial charge >= 0.3 is 0 Å². The zero-order valence-electron chi connectivity index (χ0n) is 10.7. The average Bonchev–Trinajstić information content (AvgIpc) is 3.09.